The van der Waals surface area contributed by atoms with Gasteiger partial charge in [0, 0.05) is 17.9 Å². The van der Waals surface area contributed by atoms with Crippen LogP contribution in [0.4, 0.5) is 4.79 Å². The third kappa shape index (κ3) is 6.14. The van der Waals surface area contributed by atoms with Crippen LogP contribution in [0.15, 0.2) is 48.5 Å². The molecule has 0 heterocycles. The van der Waals surface area contributed by atoms with Gasteiger partial charge in [0.05, 0.1) is 6.61 Å². The molecule has 34 heavy (non-hydrogen) atoms. The molecule has 182 valence electrons. The lowest BCUT2D eigenvalue weighted by Gasteiger charge is -2.18. The minimum atomic E-state index is -1.30. The van der Waals surface area contributed by atoms with Gasteiger partial charge in [-0.25, -0.2) is 9.59 Å². The van der Waals surface area contributed by atoms with Crippen molar-refractivity contribution in [3.63, 3.8) is 0 Å². The van der Waals surface area contributed by atoms with Gasteiger partial charge in [-0.2, -0.15) is 0 Å². The van der Waals surface area contributed by atoms with E-state index in [0.717, 1.165) is 11.1 Å². The summed E-state index contributed by atoms with van der Waals surface area (Å²) in [6.07, 6.45) is 1.35. The summed E-state index contributed by atoms with van der Waals surface area (Å²) in [5, 5.41) is 23.1. The van der Waals surface area contributed by atoms with E-state index in [9.17, 15) is 14.4 Å². The van der Waals surface area contributed by atoms with Gasteiger partial charge in [-0.15, -0.1) is 0 Å². The second kappa shape index (κ2) is 11.7. The molecule has 0 aliphatic heterocycles. The molecule has 2 unspecified atom stereocenters. The molecular weight excluding hydrogens is 436 g/mol. The first-order chi connectivity index (χ1) is 16.3. The molecule has 0 spiro atoms. The quantitative estimate of drug-likeness (QED) is 0.401. The first kappa shape index (κ1) is 25.2. The summed E-state index contributed by atoms with van der Waals surface area (Å²) in [6, 6.07) is 14.9. The third-order valence-corrected chi connectivity index (χ3v) is 6.23. The summed E-state index contributed by atoms with van der Waals surface area (Å²) in [5.74, 6) is -2.10. The molecule has 2 amide bonds. The van der Waals surface area contributed by atoms with Crippen LogP contribution >= 0.6 is 0 Å². The van der Waals surface area contributed by atoms with Crippen molar-refractivity contribution in [3.05, 3.63) is 59.7 Å². The lowest BCUT2D eigenvalue weighted by molar-refractivity contribution is -0.143. The molecule has 8 heteroatoms. The number of carboxylic acid groups (broad SMARTS) is 1. The molecule has 2 aromatic carbocycles. The summed E-state index contributed by atoms with van der Waals surface area (Å²) < 4.78 is 5.56. The number of ether oxygens (including phenoxy) is 1. The van der Waals surface area contributed by atoms with Crippen molar-refractivity contribution in [2.75, 3.05) is 13.2 Å². The van der Waals surface area contributed by atoms with Crippen LogP contribution in [-0.4, -0.2) is 53.5 Å². The number of carbonyl (C=O) groups is 3. The van der Waals surface area contributed by atoms with E-state index < -0.39 is 36.5 Å². The number of rotatable bonds is 11. The lowest BCUT2D eigenvalue weighted by Crippen LogP contribution is -2.45. The van der Waals surface area contributed by atoms with E-state index in [1.807, 2.05) is 31.2 Å². The van der Waals surface area contributed by atoms with Gasteiger partial charge in [0.15, 0.2) is 0 Å². The zero-order valence-corrected chi connectivity index (χ0v) is 19.5. The number of amides is 2. The third-order valence-electron chi connectivity index (χ3n) is 6.23. The average molecular weight is 469 g/mol. The number of benzene rings is 2. The molecule has 0 bridgehead atoms. The Hall–Kier alpha value is -3.39. The molecule has 3 rings (SSSR count). The van der Waals surface area contributed by atoms with E-state index in [1.54, 1.807) is 6.92 Å². The maximum absolute atomic E-state index is 12.4. The number of fused-ring (bicyclic) bond motifs is 3. The van der Waals surface area contributed by atoms with E-state index in [0.29, 0.717) is 19.3 Å². The average Bonchev–Trinajstić information content (AvgIpc) is 3.14. The lowest BCUT2D eigenvalue weighted by atomic mass is 9.98. The van der Waals surface area contributed by atoms with Crippen LogP contribution in [0, 0.1) is 5.92 Å². The Morgan fingerprint density at radius 2 is 1.53 bits per heavy atom. The van der Waals surface area contributed by atoms with Crippen LogP contribution < -0.4 is 10.6 Å². The zero-order valence-electron chi connectivity index (χ0n) is 19.5. The highest BCUT2D eigenvalue weighted by atomic mass is 16.5. The van der Waals surface area contributed by atoms with E-state index in [1.165, 1.54) is 11.1 Å². The zero-order chi connectivity index (χ0) is 24.7. The number of carboxylic acids is 1. The summed E-state index contributed by atoms with van der Waals surface area (Å²) >= 11 is 0. The normalized spacial score (nSPS) is 14.9. The number of aliphatic hydroxyl groups excluding tert-OH is 1. The molecule has 3 atom stereocenters. The Bertz CT molecular complexity index is 978. The van der Waals surface area contributed by atoms with Crippen LogP contribution in [0.2, 0.25) is 0 Å². The molecule has 1 aliphatic carbocycles. The number of carbonyl (C=O) groups excluding carboxylic acids is 2. The fourth-order valence-corrected chi connectivity index (χ4v) is 4.27. The molecule has 0 radical (unpaired) electrons. The Kier molecular flexibility index (Phi) is 8.65. The highest BCUT2D eigenvalue weighted by Gasteiger charge is 2.29. The molecule has 0 fully saturated rings. The van der Waals surface area contributed by atoms with Gasteiger partial charge in [0.2, 0.25) is 5.91 Å². The van der Waals surface area contributed by atoms with Crippen LogP contribution in [0.5, 0.6) is 0 Å². The van der Waals surface area contributed by atoms with Gasteiger partial charge >= 0.3 is 12.1 Å². The first-order valence-corrected chi connectivity index (χ1v) is 11.6. The van der Waals surface area contributed by atoms with Gasteiger partial charge in [-0.3, -0.25) is 4.79 Å². The molecule has 1 aliphatic rings. The minimum absolute atomic E-state index is 0.00127. The first-order valence-electron chi connectivity index (χ1n) is 11.6. The largest absolute Gasteiger partial charge is 0.480 e. The fraction of sp³-hybridized carbons (Fsp3) is 0.423. The maximum Gasteiger partial charge on any atom is 0.407 e. The van der Waals surface area contributed by atoms with Crippen LogP contribution in [0.25, 0.3) is 11.1 Å². The van der Waals surface area contributed by atoms with Crippen LogP contribution in [0.3, 0.4) is 0 Å². The summed E-state index contributed by atoms with van der Waals surface area (Å²) in [7, 11) is 0. The van der Waals surface area contributed by atoms with Crippen LogP contribution in [-0.2, 0) is 14.3 Å². The van der Waals surface area contributed by atoms with E-state index in [4.69, 9.17) is 14.9 Å². The van der Waals surface area contributed by atoms with Crippen molar-refractivity contribution in [1.82, 2.24) is 10.6 Å². The predicted molar refractivity (Wildman–Crippen MR) is 127 cm³/mol. The summed E-state index contributed by atoms with van der Waals surface area (Å²) in [4.78, 5) is 35.4. The number of hydrogen-bond acceptors (Lipinski definition) is 5. The van der Waals surface area contributed by atoms with Crippen molar-refractivity contribution in [3.8, 4) is 11.1 Å². The van der Waals surface area contributed by atoms with Gasteiger partial charge in [0.25, 0.3) is 0 Å². The summed E-state index contributed by atoms with van der Waals surface area (Å²) in [6.45, 7) is 3.17. The molecule has 2 aromatic rings. The van der Waals surface area contributed by atoms with Crippen molar-refractivity contribution in [1.29, 1.82) is 0 Å². The Morgan fingerprint density at radius 3 is 2.09 bits per heavy atom. The van der Waals surface area contributed by atoms with Crippen molar-refractivity contribution < 1.29 is 29.3 Å². The second-order valence-corrected chi connectivity index (χ2v) is 8.78. The van der Waals surface area contributed by atoms with Crippen molar-refractivity contribution in [2.45, 2.75) is 51.1 Å². The van der Waals surface area contributed by atoms with E-state index in [-0.39, 0.29) is 18.6 Å². The highest BCUT2D eigenvalue weighted by molar-refractivity contribution is 5.84. The standard InChI is InChI=1S/C26H32N2O6/c1-16(24(30)28-23(14-29)25(31)32)8-7-9-17(2)27-26(33)34-15-22-20-12-5-3-10-18(20)19-11-4-6-13-21(19)22/h3-6,10-13,16-17,22-23,29H,7-9,14-15H2,1-2H3,(H,27,33)(H,28,30)(H,31,32)/t16?,17?,23-/m0/s1. The molecular formula is C26H32N2O6. The van der Waals surface area contributed by atoms with Crippen molar-refractivity contribution in [2.24, 2.45) is 5.92 Å². The molecule has 0 saturated heterocycles. The predicted octanol–water partition coefficient (Wildman–Crippen LogP) is 3.28. The minimum Gasteiger partial charge on any atom is -0.480 e. The Balaban J connectivity index is 1.42. The monoisotopic (exact) mass is 468 g/mol. The summed E-state index contributed by atoms with van der Waals surface area (Å²) in [5.41, 5.74) is 4.66. The molecule has 0 aromatic heterocycles. The fourth-order valence-electron chi connectivity index (χ4n) is 4.27. The smallest absolute Gasteiger partial charge is 0.407 e. The van der Waals surface area contributed by atoms with Crippen LogP contribution in [0.1, 0.15) is 50.2 Å². The van der Waals surface area contributed by atoms with Gasteiger partial charge in [0.1, 0.15) is 12.6 Å². The Morgan fingerprint density at radius 1 is 0.941 bits per heavy atom. The van der Waals surface area contributed by atoms with E-state index in [2.05, 4.69) is 34.9 Å². The maximum atomic E-state index is 12.4. The number of alkyl carbamates (subject to hydrolysis) is 1. The van der Waals surface area contributed by atoms with Gasteiger partial charge in [-0.05, 0) is 42.0 Å². The molecule has 0 saturated carbocycles. The highest BCUT2D eigenvalue weighted by Crippen LogP contribution is 2.44. The number of aliphatic carboxylic acids is 1. The van der Waals surface area contributed by atoms with Crippen molar-refractivity contribution >= 4 is 18.0 Å². The Labute approximate surface area is 199 Å². The number of hydrogen-bond donors (Lipinski definition) is 4. The number of nitrogens with one attached hydrogen (secondary N) is 2. The second-order valence-electron chi connectivity index (χ2n) is 8.78. The SMILES string of the molecule is CC(CCCC(C)C(=O)N[C@@H](CO)C(=O)O)NC(=O)OCC1c2ccccc2-c2ccccc21. The van der Waals surface area contributed by atoms with Gasteiger partial charge < -0.3 is 25.6 Å². The topological polar surface area (TPSA) is 125 Å². The molecule has 4 N–H and O–H groups in total. The number of aliphatic hydroxyl groups is 1. The van der Waals surface area contributed by atoms with Gasteiger partial charge in [-0.1, -0.05) is 61.9 Å². The van der Waals surface area contributed by atoms with E-state index >= 15 is 0 Å². The molecule has 8 nitrogen and oxygen atoms in total.